The zero-order valence-corrected chi connectivity index (χ0v) is 22.4. The SMILES string of the molecule is C[C@@H]1CN(C2C=CC=C(F)C2(F)CO[Si](c2ccccc2)(c2ccccc2)C(C)(C)C)C[C@H](C)O1. The number of allylic oxidation sites excluding steroid dienone is 2. The molecule has 1 aliphatic heterocycles. The van der Waals surface area contributed by atoms with E-state index in [9.17, 15) is 0 Å². The zero-order chi connectivity index (χ0) is 25.3. The van der Waals surface area contributed by atoms with Crippen LogP contribution >= 0.6 is 0 Å². The molecule has 2 unspecified atom stereocenters. The van der Waals surface area contributed by atoms with Crippen LogP contribution < -0.4 is 10.4 Å². The molecule has 0 aromatic heterocycles. The van der Waals surface area contributed by atoms with E-state index in [2.05, 4.69) is 45.0 Å². The second-order valence-electron chi connectivity index (χ2n) is 10.9. The maximum Gasteiger partial charge on any atom is 0.261 e. The highest BCUT2D eigenvalue weighted by Gasteiger charge is 2.54. The summed E-state index contributed by atoms with van der Waals surface area (Å²) in [7, 11) is -3.02. The lowest BCUT2D eigenvalue weighted by Gasteiger charge is -2.48. The van der Waals surface area contributed by atoms with Crippen LogP contribution in [0.4, 0.5) is 8.78 Å². The van der Waals surface area contributed by atoms with E-state index in [1.807, 2.05) is 55.1 Å². The molecule has 188 valence electrons. The summed E-state index contributed by atoms with van der Waals surface area (Å²) in [6.45, 7) is 11.1. The third kappa shape index (κ3) is 4.94. The van der Waals surface area contributed by atoms with Crippen molar-refractivity contribution in [1.29, 1.82) is 0 Å². The van der Waals surface area contributed by atoms with Gasteiger partial charge in [0.2, 0.25) is 5.67 Å². The lowest BCUT2D eigenvalue weighted by molar-refractivity contribution is -0.0968. The first-order valence-corrected chi connectivity index (χ1v) is 14.4. The van der Waals surface area contributed by atoms with Crippen LogP contribution in [-0.4, -0.2) is 56.8 Å². The summed E-state index contributed by atoms with van der Waals surface area (Å²) in [5.41, 5.74) is -2.29. The Morgan fingerprint density at radius 2 is 1.49 bits per heavy atom. The third-order valence-electron chi connectivity index (χ3n) is 7.16. The molecule has 0 bridgehead atoms. The summed E-state index contributed by atoms with van der Waals surface area (Å²) < 4.78 is 45.1. The van der Waals surface area contributed by atoms with Gasteiger partial charge in [0.15, 0.2) is 0 Å². The van der Waals surface area contributed by atoms with E-state index in [4.69, 9.17) is 9.16 Å². The van der Waals surface area contributed by atoms with E-state index in [0.717, 1.165) is 10.4 Å². The molecule has 4 atom stereocenters. The van der Waals surface area contributed by atoms with Crippen LogP contribution in [0.2, 0.25) is 5.04 Å². The van der Waals surface area contributed by atoms with Crippen molar-refractivity contribution < 1.29 is 17.9 Å². The van der Waals surface area contributed by atoms with Gasteiger partial charge in [0, 0.05) is 13.1 Å². The van der Waals surface area contributed by atoms with Crippen molar-refractivity contribution in [3.05, 3.63) is 84.7 Å². The Hall–Kier alpha value is -2.12. The minimum absolute atomic E-state index is 0.0528. The molecule has 35 heavy (non-hydrogen) atoms. The highest BCUT2D eigenvalue weighted by atomic mass is 28.4. The zero-order valence-electron chi connectivity index (χ0n) is 21.4. The molecule has 4 rings (SSSR count). The molecule has 0 saturated carbocycles. The fraction of sp³-hybridized carbons (Fsp3) is 0.448. The van der Waals surface area contributed by atoms with E-state index >= 15 is 8.78 Å². The van der Waals surface area contributed by atoms with Crippen LogP contribution in [0.1, 0.15) is 34.6 Å². The summed E-state index contributed by atoms with van der Waals surface area (Å²) in [4.78, 5) is 2.00. The molecule has 2 aliphatic rings. The fourth-order valence-corrected chi connectivity index (χ4v) is 10.2. The highest BCUT2D eigenvalue weighted by Crippen LogP contribution is 2.41. The van der Waals surface area contributed by atoms with Crippen LogP contribution in [0, 0.1) is 0 Å². The van der Waals surface area contributed by atoms with Crippen molar-refractivity contribution in [2.75, 3.05) is 19.7 Å². The summed E-state index contributed by atoms with van der Waals surface area (Å²) in [5, 5.41) is 1.76. The van der Waals surface area contributed by atoms with Gasteiger partial charge in [0.25, 0.3) is 8.32 Å². The Balaban J connectivity index is 1.76. The molecule has 2 aromatic rings. The highest BCUT2D eigenvalue weighted by molar-refractivity contribution is 6.99. The smallest absolute Gasteiger partial charge is 0.261 e. The van der Waals surface area contributed by atoms with Gasteiger partial charge in [-0.05, 0) is 35.3 Å². The molecule has 2 aromatic carbocycles. The van der Waals surface area contributed by atoms with Gasteiger partial charge in [-0.3, -0.25) is 4.90 Å². The number of alkyl halides is 1. The predicted octanol–water partition coefficient (Wildman–Crippen LogP) is 5.17. The summed E-state index contributed by atoms with van der Waals surface area (Å²) in [6.07, 6.45) is 4.51. The molecule has 1 saturated heterocycles. The largest absolute Gasteiger partial charge is 0.404 e. The Bertz CT molecular complexity index is 1000. The quantitative estimate of drug-likeness (QED) is 0.514. The number of rotatable bonds is 6. The van der Waals surface area contributed by atoms with Crippen molar-refractivity contribution in [3.8, 4) is 0 Å². The molecule has 1 fully saturated rings. The molecule has 0 spiro atoms. The molecule has 0 radical (unpaired) electrons. The van der Waals surface area contributed by atoms with Crippen molar-refractivity contribution in [2.45, 2.75) is 63.6 Å². The molecule has 1 heterocycles. The third-order valence-corrected chi connectivity index (χ3v) is 12.1. The Kier molecular flexibility index (Phi) is 7.48. The van der Waals surface area contributed by atoms with Crippen molar-refractivity contribution in [2.24, 2.45) is 0 Å². The molecule has 0 N–H and O–H groups in total. The number of nitrogens with zero attached hydrogens (tertiary/aromatic N) is 1. The van der Waals surface area contributed by atoms with Gasteiger partial charge in [0.05, 0.1) is 24.9 Å². The summed E-state index contributed by atoms with van der Waals surface area (Å²) in [5.74, 6) is -0.783. The monoisotopic (exact) mass is 497 g/mol. The molecule has 0 amide bonds. The van der Waals surface area contributed by atoms with Gasteiger partial charge in [0.1, 0.15) is 5.83 Å². The number of ether oxygens (including phenoxy) is 1. The maximum atomic E-state index is 16.9. The average molecular weight is 498 g/mol. The van der Waals surface area contributed by atoms with E-state index in [-0.39, 0.29) is 23.9 Å². The maximum absolute atomic E-state index is 16.9. The summed E-state index contributed by atoms with van der Waals surface area (Å²) >= 11 is 0. The minimum atomic E-state index is -3.02. The molecular weight excluding hydrogens is 460 g/mol. The molecule has 1 aliphatic carbocycles. The van der Waals surface area contributed by atoms with Gasteiger partial charge in [-0.2, -0.15) is 0 Å². The number of benzene rings is 2. The molecular formula is C29H37F2NO2Si. The topological polar surface area (TPSA) is 21.7 Å². The lowest BCUT2D eigenvalue weighted by Crippen LogP contribution is -2.68. The first-order chi connectivity index (χ1) is 16.6. The lowest BCUT2D eigenvalue weighted by atomic mass is 9.89. The number of morpholine rings is 1. The van der Waals surface area contributed by atoms with Crippen LogP contribution in [0.3, 0.4) is 0 Å². The normalized spacial score (nSPS) is 28.1. The van der Waals surface area contributed by atoms with Crippen LogP contribution in [-0.2, 0) is 9.16 Å². The van der Waals surface area contributed by atoms with Crippen LogP contribution in [0.15, 0.2) is 84.7 Å². The standard InChI is InChI=1S/C29H37F2NO2Si/c1-22-19-32(20-23(2)34-22)27-18-12-17-26(30)29(27,31)21-33-35(28(3,4)5,24-13-8-6-9-14-24)25-15-10-7-11-16-25/h6-18,22-23,27H,19-21H2,1-5H3/t22-,23+,27?,29?. The van der Waals surface area contributed by atoms with E-state index in [1.54, 1.807) is 12.2 Å². The van der Waals surface area contributed by atoms with E-state index in [1.165, 1.54) is 6.08 Å². The van der Waals surface area contributed by atoms with Gasteiger partial charge in [-0.15, -0.1) is 0 Å². The average Bonchev–Trinajstić information content (AvgIpc) is 2.81. The minimum Gasteiger partial charge on any atom is -0.404 e. The Morgan fingerprint density at radius 3 is 1.97 bits per heavy atom. The molecule has 3 nitrogen and oxygen atoms in total. The fourth-order valence-electron chi connectivity index (χ4n) is 5.66. The van der Waals surface area contributed by atoms with Gasteiger partial charge in [-0.25, -0.2) is 8.78 Å². The van der Waals surface area contributed by atoms with E-state index < -0.39 is 25.9 Å². The van der Waals surface area contributed by atoms with E-state index in [0.29, 0.717) is 13.1 Å². The Labute approximate surface area is 209 Å². The van der Waals surface area contributed by atoms with Gasteiger partial charge in [-0.1, -0.05) is 93.6 Å². The van der Waals surface area contributed by atoms with Crippen molar-refractivity contribution in [3.63, 3.8) is 0 Å². The second-order valence-corrected chi connectivity index (χ2v) is 15.2. The van der Waals surface area contributed by atoms with Crippen LogP contribution in [0.25, 0.3) is 0 Å². The van der Waals surface area contributed by atoms with Crippen LogP contribution in [0.5, 0.6) is 0 Å². The Morgan fingerprint density at radius 1 is 0.971 bits per heavy atom. The van der Waals surface area contributed by atoms with Crippen molar-refractivity contribution >= 4 is 18.7 Å². The van der Waals surface area contributed by atoms with Crippen molar-refractivity contribution in [1.82, 2.24) is 4.90 Å². The first kappa shape index (κ1) is 26.0. The van der Waals surface area contributed by atoms with Gasteiger partial charge >= 0.3 is 0 Å². The molecule has 6 heteroatoms. The number of hydrogen-bond donors (Lipinski definition) is 0. The number of halogens is 2. The van der Waals surface area contributed by atoms with Gasteiger partial charge < -0.3 is 9.16 Å². The number of hydrogen-bond acceptors (Lipinski definition) is 3. The predicted molar refractivity (Wildman–Crippen MR) is 141 cm³/mol. The first-order valence-electron chi connectivity index (χ1n) is 12.5. The second kappa shape index (κ2) is 10.1. The summed E-state index contributed by atoms with van der Waals surface area (Å²) in [6, 6.07) is 19.4.